The Labute approximate surface area is 199 Å². The van der Waals surface area contributed by atoms with Gasteiger partial charge in [-0.05, 0) is 42.6 Å². The second-order valence-corrected chi connectivity index (χ2v) is 10.8. The van der Waals surface area contributed by atoms with Gasteiger partial charge in [-0.3, -0.25) is 0 Å². The molecule has 1 unspecified atom stereocenters. The number of hydrogen-bond donors (Lipinski definition) is 4. The van der Waals surface area contributed by atoms with E-state index < -0.39 is 16.1 Å². The first-order valence-electron chi connectivity index (χ1n) is 10.9. The average molecular weight is 505 g/mol. The maximum Gasteiger partial charge on any atom is 0.323 e. The van der Waals surface area contributed by atoms with Crippen LogP contribution >= 0.6 is 11.5 Å². The Morgan fingerprint density at radius 2 is 2.09 bits per heavy atom. The maximum atomic E-state index is 13.1. The quantitative estimate of drug-likeness (QED) is 0.278. The van der Waals surface area contributed by atoms with Crippen molar-refractivity contribution in [2.45, 2.75) is 30.0 Å². The predicted molar refractivity (Wildman–Crippen MR) is 128 cm³/mol. The molecule has 1 aromatic carbocycles. The Hall–Kier alpha value is -2.84. The van der Waals surface area contributed by atoms with E-state index in [0.29, 0.717) is 54.6 Å². The molecule has 4 aromatic rings. The number of sulfonamides is 1. The van der Waals surface area contributed by atoms with E-state index in [1.165, 1.54) is 22.0 Å². The van der Waals surface area contributed by atoms with Crippen molar-refractivity contribution in [2.24, 2.45) is 0 Å². The molecule has 0 spiro atoms. The van der Waals surface area contributed by atoms with Gasteiger partial charge < -0.3 is 25.1 Å². The van der Waals surface area contributed by atoms with Crippen LogP contribution in [0.15, 0.2) is 46.5 Å². The summed E-state index contributed by atoms with van der Waals surface area (Å²) in [5.41, 5.74) is 0.879. The third-order valence-corrected chi connectivity index (χ3v) is 8.49. The molecule has 34 heavy (non-hydrogen) atoms. The third-order valence-electron chi connectivity index (χ3n) is 5.87. The summed E-state index contributed by atoms with van der Waals surface area (Å²) in [5, 5.41) is 14.2. The molecule has 0 aliphatic carbocycles. The van der Waals surface area contributed by atoms with E-state index in [9.17, 15) is 18.3 Å². The second-order valence-electron chi connectivity index (χ2n) is 8.16. The summed E-state index contributed by atoms with van der Waals surface area (Å²) >= 11 is 1.24. The zero-order valence-electron chi connectivity index (χ0n) is 18.1. The summed E-state index contributed by atoms with van der Waals surface area (Å²) in [6, 6.07) is 7.09. The highest BCUT2D eigenvalue weighted by atomic mass is 32.2. The number of hydrogen-bond acceptors (Lipinski definition) is 9. The van der Waals surface area contributed by atoms with Crippen molar-refractivity contribution in [3.63, 3.8) is 0 Å². The molecule has 0 amide bonds. The molecule has 1 atom stereocenters. The van der Waals surface area contributed by atoms with E-state index in [1.54, 1.807) is 30.5 Å². The lowest BCUT2D eigenvalue weighted by atomic mass is 10.1. The van der Waals surface area contributed by atoms with Gasteiger partial charge in [0.05, 0.1) is 21.8 Å². The number of aromatic nitrogens is 4. The highest BCUT2D eigenvalue weighted by Crippen LogP contribution is 2.27. The monoisotopic (exact) mass is 504 g/mol. The predicted octanol–water partition coefficient (Wildman–Crippen LogP) is 1.04. The Morgan fingerprint density at radius 3 is 2.91 bits per heavy atom. The van der Waals surface area contributed by atoms with Gasteiger partial charge in [0.2, 0.25) is 0 Å². The fourth-order valence-electron chi connectivity index (χ4n) is 4.10. The molecule has 11 nitrogen and oxygen atoms in total. The molecular weight excluding hydrogens is 480 g/mol. The molecule has 5 rings (SSSR count). The standard InChI is InChI=1S/C21H24N6O5S2/c28-14(12-32-17-3-1-2-16-19(17)26-21(29)25-16)10-23-13-5-8-27(9-6-13)34(30,31)20-15-11-24-33-18(15)4-7-22-20/h1-4,7,11,13-14,23,28H,5-6,8-10,12H2,(H2,25,26,29). The first-order chi connectivity index (χ1) is 16.4. The van der Waals surface area contributed by atoms with Crippen LogP contribution in [0.2, 0.25) is 0 Å². The van der Waals surface area contributed by atoms with Gasteiger partial charge in [-0.1, -0.05) is 6.07 Å². The van der Waals surface area contributed by atoms with Gasteiger partial charge >= 0.3 is 5.69 Å². The van der Waals surface area contributed by atoms with Crippen LogP contribution in [0.25, 0.3) is 21.1 Å². The van der Waals surface area contributed by atoms with Crippen molar-refractivity contribution in [1.82, 2.24) is 28.9 Å². The van der Waals surface area contributed by atoms with Gasteiger partial charge in [0.1, 0.15) is 24.0 Å². The molecule has 1 aliphatic rings. The van der Waals surface area contributed by atoms with Gasteiger partial charge in [-0.15, -0.1) is 0 Å². The first-order valence-corrected chi connectivity index (χ1v) is 13.1. The number of aromatic amines is 2. The Balaban J connectivity index is 1.12. The summed E-state index contributed by atoms with van der Waals surface area (Å²) < 4.78 is 38.3. The Morgan fingerprint density at radius 1 is 1.26 bits per heavy atom. The minimum atomic E-state index is -3.70. The third kappa shape index (κ3) is 4.57. The highest BCUT2D eigenvalue weighted by Gasteiger charge is 2.32. The number of rotatable bonds is 8. The fraction of sp³-hybridized carbons (Fsp3) is 0.381. The lowest BCUT2D eigenvalue weighted by molar-refractivity contribution is 0.101. The van der Waals surface area contributed by atoms with Crippen LogP contribution in [0.3, 0.4) is 0 Å². The summed E-state index contributed by atoms with van der Waals surface area (Å²) in [5.74, 6) is 0.484. The summed E-state index contributed by atoms with van der Waals surface area (Å²) in [7, 11) is -3.70. The van der Waals surface area contributed by atoms with Crippen LogP contribution < -0.4 is 15.7 Å². The zero-order chi connectivity index (χ0) is 23.7. The molecule has 13 heteroatoms. The van der Waals surface area contributed by atoms with Crippen molar-refractivity contribution < 1.29 is 18.3 Å². The largest absolute Gasteiger partial charge is 0.489 e. The number of pyridine rings is 1. The maximum absolute atomic E-state index is 13.1. The Kier molecular flexibility index (Phi) is 6.36. The number of fused-ring (bicyclic) bond motifs is 2. The van der Waals surface area contributed by atoms with E-state index in [1.807, 2.05) is 0 Å². The number of benzene rings is 1. The SMILES string of the molecule is O=c1[nH]c2cccc(OCC(O)CNC3CCN(S(=O)(=O)c4nccc5sncc45)CC3)c2[nH]1. The van der Waals surface area contributed by atoms with Crippen molar-refractivity contribution >= 4 is 42.7 Å². The number of nitrogens with zero attached hydrogens (tertiary/aromatic N) is 3. The molecule has 1 aliphatic heterocycles. The number of aliphatic hydroxyl groups is 1. The number of nitrogens with one attached hydrogen (secondary N) is 3. The molecule has 0 saturated carbocycles. The van der Waals surface area contributed by atoms with Crippen molar-refractivity contribution in [2.75, 3.05) is 26.2 Å². The first kappa shape index (κ1) is 22.9. The van der Waals surface area contributed by atoms with Gasteiger partial charge in [0.15, 0.2) is 5.03 Å². The van der Waals surface area contributed by atoms with Crippen LogP contribution in [-0.4, -0.2) is 75.5 Å². The molecule has 1 saturated heterocycles. The Bertz CT molecular complexity index is 1460. The molecule has 0 bridgehead atoms. The number of para-hydroxylation sites is 1. The topological polar surface area (TPSA) is 153 Å². The van der Waals surface area contributed by atoms with Crippen LogP contribution in [0.5, 0.6) is 5.75 Å². The molecule has 4 N–H and O–H groups in total. The highest BCUT2D eigenvalue weighted by molar-refractivity contribution is 7.89. The van der Waals surface area contributed by atoms with E-state index in [2.05, 4.69) is 24.6 Å². The molecule has 4 heterocycles. The number of aliphatic hydroxyl groups excluding tert-OH is 1. The van der Waals surface area contributed by atoms with Crippen LogP contribution in [-0.2, 0) is 10.0 Å². The molecule has 1 fully saturated rings. The van der Waals surface area contributed by atoms with Crippen molar-refractivity contribution in [3.8, 4) is 5.75 Å². The average Bonchev–Trinajstić information content (AvgIpc) is 3.47. The summed E-state index contributed by atoms with van der Waals surface area (Å²) in [6.45, 7) is 1.09. The van der Waals surface area contributed by atoms with Crippen LogP contribution in [0.4, 0.5) is 0 Å². The zero-order valence-corrected chi connectivity index (χ0v) is 19.7. The molecular formula is C21H24N6O5S2. The van der Waals surface area contributed by atoms with Crippen molar-refractivity contribution in [1.29, 1.82) is 0 Å². The number of ether oxygens (including phenoxy) is 1. The smallest absolute Gasteiger partial charge is 0.323 e. The normalized spacial score (nSPS) is 16.9. The minimum Gasteiger partial charge on any atom is -0.489 e. The lowest BCUT2D eigenvalue weighted by Gasteiger charge is -2.32. The molecule has 180 valence electrons. The number of piperidine rings is 1. The van der Waals surface area contributed by atoms with Gasteiger partial charge in [0.25, 0.3) is 10.0 Å². The summed E-state index contributed by atoms with van der Waals surface area (Å²) in [4.78, 5) is 21.0. The fourth-order valence-corrected chi connectivity index (χ4v) is 6.38. The van der Waals surface area contributed by atoms with Gasteiger partial charge in [0, 0.05) is 31.9 Å². The van der Waals surface area contributed by atoms with Gasteiger partial charge in [-0.25, -0.2) is 18.2 Å². The number of imidazole rings is 1. The minimum absolute atomic E-state index is 0.0523. The van der Waals surface area contributed by atoms with Crippen LogP contribution in [0.1, 0.15) is 12.8 Å². The van der Waals surface area contributed by atoms with E-state index in [-0.39, 0.29) is 23.4 Å². The van der Waals surface area contributed by atoms with E-state index >= 15 is 0 Å². The molecule has 0 radical (unpaired) electrons. The second kappa shape index (κ2) is 9.43. The lowest BCUT2D eigenvalue weighted by Crippen LogP contribution is -2.47. The summed E-state index contributed by atoms with van der Waals surface area (Å²) in [6.07, 6.45) is 3.52. The van der Waals surface area contributed by atoms with E-state index in [0.717, 1.165) is 4.70 Å². The van der Waals surface area contributed by atoms with Gasteiger partial charge in [-0.2, -0.15) is 8.68 Å². The van der Waals surface area contributed by atoms with E-state index in [4.69, 9.17) is 4.74 Å². The number of H-pyrrole nitrogens is 2. The molecule has 3 aromatic heterocycles. The van der Waals surface area contributed by atoms with Crippen LogP contribution in [0, 0.1) is 0 Å². The van der Waals surface area contributed by atoms with Crippen molar-refractivity contribution in [3.05, 3.63) is 47.1 Å².